The predicted octanol–water partition coefficient (Wildman–Crippen LogP) is 17.8. The summed E-state index contributed by atoms with van der Waals surface area (Å²) in [5.74, 6) is 0. The molecule has 0 atom stereocenters. The van der Waals surface area contributed by atoms with Crippen LogP contribution >= 0.6 is 0 Å². The van der Waals surface area contributed by atoms with Gasteiger partial charge in [0.25, 0.3) is 0 Å². The van der Waals surface area contributed by atoms with Crippen LogP contribution in [-0.4, -0.2) is 13.7 Å². The molecule has 0 saturated carbocycles. The van der Waals surface area contributed by atoms with Crippen molar-refractivity contribution in [3.63, 3.8) is 0 Å². The Morgan fingerprint density at radius 3 is 1.09 bits per heavy atom. The first-order valence-corrected chi connectivity index (χ1v) is 24.0. The summed E-state index contributed by atoms with van der Waals surface area (Å²) < 4.78 is 7.43. The highest BCUT2D eigenvalue weighted by Gasteiger charge is 2.23. The maximum Gasteiger partial charge on any atom is 0.0724 e. The summed E-state index contributed by atoms with van der Waals surface area (Å²) in [5, 5.41) is 7.32. The third-order valence-electron chi connectivity index (χ3n) is 14.2. The highest BCUT2D eigenvalue weighted by Crippen LogP contribution is 2.44. The number of fused-ring (bicyclic) bond motifs is 9. The first-order valence-electron chi connectivity index (χ1n) is 24.0. The minimum atomic E-state index is 1.09. The number of nitrogens with zero attached hydrogens (tertiary/aromatic N) is 4. The fraction of sp³-hybridized carbons (Fsp3) is 0. The van der Waals surface area contributed by atoms with Gasteiger partial charge in [0.2, 0.25) is 0 Å². The van der Waals surface area contributed by atoms with Gasteiger partial charge in [0.15, 0.2) is 0 Å². The van der Waals surface area contributed by atoms with Crippen molar-refractivity contribution in [2.45, 2.75) is 0 Å². The fourth-order valence-corrected chi connectivity index (χ4v) is 11.1. The van der Waals surface area contributed by atoms with Crippen molar-refractivity contribution in [3.8, 4) is 39.3 Å². The predicted molar refractivity (Wildman–Crippen MR) is 295 cm³/mol. The topological polar surface area (TPSA) is 18.0 Å². The van der Waals surface area contributed by atoms with Crippen LogP contribution in [0.25, 0.3) is 105 Å². The molecular weight excluding hydrogens is 849 g/mol. The van der Waals surface area contributed by atoms with Crippen LogP contribution in [-0.2, 0) is 0 Å². The Balaban J connectivity index is 0.988. The maximum atomic E-state index is 2.49. The Morgan fingerprint density at radius 1 is 0.214 bits per heavy atom. The van der Waals surface area contributed by atoms with E-state index >= 15 is 0 Å². The second-order valence-corrected chi connectivity index (χ2v) is 18.1. The van der Waals surface area contributed by atoms with E-state index in [0.29, 0.717) is 0 Å². The molecule has 4 heteroatoms. The Hall–Kier alpha value is -9.38. The van der Waals surface area contributed by atoms with Gasteiger partial charge in [-0.2, -0.15) is 0 Å². The van der Waals surface area contributed by atoms with Gasteiger partial charge in [0.05, 0.1) is 44.5 Å². The van der Waals surface area contributed by atoms with Crippen LogP contribution in [0.4, 0.5) is 17.1 Å². The van der Waals surface area contributed by atoms with Crippen LogP contribution in [0, 0.1) is 0 Å². The van der Waals surface area contributed by atoms with E-state index < -0.39 is 0 Å². The summed E-state index contributed by atoms with van der Waals surface area (Å²) in [5.41, 5.74) is 18.4. The highest BCUT2D eigenvalue weighted by atomic mass is 15.1. The van der Waals surface area contributed by atoms with Gasteiger partial charge in [-0.15, -0.1) is 0 Å². The molecule has 70 heavy (non-hydrogen) atoms. The van der Waals surface area contributed by atoms with E-state index in [4.69, 9.17) is 0 Å². The molecule has 0 amide bonds. The Labute approximate surface area is 405 Å². The Bertz CT molecular complexity index is 4150. The van der Waals surface area contributed by atoms with Gasteiger partial charge in [0.1, 0.15) is 0 Å². The van der Waals surface area contributed by atoms with Crippen LogP contribution in [0.5, 0.6) is 0 Å². The zero-order valence-corrected chi connectivity index (χ0v) is 38.2. The van der Waals surface area contributed by atoms with Crippen molar-refractivity contribution < 1.29 is 0 Å². The highest BCUT2D eigenvalue weighted by molar-refractivity contribution is 6.15. The lowest BCUT2D eigenvalue weighted by Crippen LogP contribution is -2.09. The molecular formula is C66H44N4. The molecule has 0 bridgehead atoms. The molecule has 3 aromatic heterocycles. The van der Waals surface area contributed by atoms with Crippen LogP contribution < -0.4 is 4.90 Å². The van der Waals surface area contributed by atoms with Crippen LogP contribution in [0.1, 0.15) is 0 Å². The molecule has 328 valence electrons. The van der Waals surface area contributed by atoms with E-state index in [-0.39, 0.29) is 0 Å². The van der Waals surface area contributed by atoms with Gasteiger partial charge in [-0.1, -0.05) is 170 Å². The van der Waals surface area contributed by atoms with Crippen molar-refractivity contribution in [2.75, 3.05) is 4.90 Å². The number of para-hydroxylation sites is 6. The van der Waals surface area contributed by atoms with Crippen molar-refractivity contribution in [2.24, 2.45) is 0 Å². The van der Waals surface area contributed by atoms with E-state index in [0.717, 1.165) is 56.3 Å². The van der Waals surface area contributed by atoms with Crippen LogP contribution in [0.2, 0.25) is 0 Å². The summed E-state index contributed by atoms with van der Waals surface area (Å²) >= 11 is 0. The van der Waals surface area contributed by atoms with E-state index in [1.54, 1.807) is 0 Å². The number of rotatable bonds is 8. The molecule has 0 saturated heterocycles. The van der Waals surface area contributed by atoms with E-state index in [2.05, 4.69) is 286 Å². The third kappa shape index (κ3) is 6.31. The number of aromatic nitrogens is 3. The van der Waals surface area contributed by atoms with Crippen molar-refractivity contribution in [1.29, 1.82) is 0 Å². The van der Waals surface area contributed by atoms with Crippen molar-refractivity contribution >= 4 is 82.5 Å². The average Bonchev–Trinajstić information content (AvgIpc) is 4.07. The summed E-state index contributed by atoms with van der Waals surface area (Å²) in [7, 11) is 0. The van der Waals surface area contributed by atoms with Gasteiger partial charge in [0, 0.05) is 55.1 Å². The van der Waals surface area contributed by atoms with E-state index in [9.17, 15) is 0 Å². The Kier molecular flexibility index (Phi) is 9.17. The maximum absolute atomic E-state index is 2.49. The van der Waals surface area contributed by atoms with Gasteiger partial charge < -0.3 is 18.6 Å². The summed E-state index contributed by atoms with van der Waals surface area (Å²) in [6.45, 7) is 0. The van der Waals surface area contributed by atoms with Gasteiger partial charge in [-0.05, 0) is 119 Å². The molecule has 14 rings (SSSR count). The van der Waals surface area contributed by atoms with Crippen molar-refractivity contribution in [3.05, 3.63) is 267 Å². The number of hydrogen-bond acceptors (Lipinski definition) is 1. The summed E-state index contributed by atoms with van der Waals surface area (Å²) in [6, 6.07) is 97.2. The molecule has 0 aliphatic rings. The molecule has 14 aromatic rings. The number of anilines is 3. The normalized spacial score (nSPS) is 11.7. The molecule has 0 aliphatic heterocycles. The third-order valence-corrected chi connectivity index (χ3v) is 14.2. The molecule has 0 aliphatic carbocycles. The lowest BCUT2D eigenvalue weighted by molar-refractivity contribution is 1.09. The summed E-state index contributed by atoms with van der Waals surface area (Å²) in [6.07, 6.45) is 0. The Morgan fingerprint density at radius 2 is 0.571 bits per heavy atom. The van der Waals surface area contributed by atoms with Gasteiger partial charge >= 0.3 is 0 Å². The second-order valence-electron chi connectivity index (χ2n) is 18.1. The van der Waals surface area contributed by atoms with Crippen molar-refractivity contribution in [1.82, 2.24) is 13.7 Å². The lowest BCUT2D eigenvalue weighted by Gasteiger charge is -2.26. The molecule has 0 unspecified atom stereocenters. The molecule has 3 heterocycles. The first-order chi connectivity index (χ1) is 34.7. The summed E-state index contributed by atoms with van der Waals surface area (Å²) in [4.78, 5) is 2.33. The number of hydrogen-bond donors (Lipinski definition) is 0. The lowest BCUT2D eigenvalue weighted by atomic mass is 10.0. The largest absolute Gasteiger partial charge is 0.311 e. The molecule has 0 radical (unpaired) electrons. The standard InChI is InChI=1S/C66H44N4/c1-4-18-45(19-5-1)46-32-37-51(38-33-46)67(49-20-6-2-7-21-49)52-39-34-47(35-40-52)48-36-41-63-57(42-48)58-43-65(69-59-28-14-10-24-53(59)54-25-11-15-29-60(54)69)66(44-64(58)68(63)50-22-8-3-9-23-50)70-61-30-16-12-26-55(61)56-27-13-17-31-62(56)70/h1-44H. The minimum absolute atomic E-state index is 1.09. The van der Waals surface area contributed by atoms with Crippen LogP contribution in [0.15, 0.2) is 267 Å². The monoisotopic (exact) mass is 892 g/mol. The molecule has 11 aromatic carbocycles. The smallest absolute Gasteiger partial charge is 0.0724 e. The van der Waals surface area contributed by atoms with E-state index in [1.165, 1.54) is 65.5 Å². The first kappa shape index (κ1) is 39.8. The average molecular weight is 893 g/mol. The fourth-order valence-electron chi connectivity index (χ4n) is 11.1. The quantitative estimate of drug-likeness (QED) is 0.149. The molecule has 4 nitrogen and oxygen atoms in total. The van der Waals surface area contributed by atoms with Gasteiger partial charge in [-0.25, -0.2) is 0 Å². The zero-order valence-electron chi connectivity index (χ0n) is 38.2. The minimum Gasteiger partial charge on any atom is -0.311 e. The van der Waals surface area contributed by atoms with Gasteiger partial charge in [-0.3, -0.25) is 0 Å². The molecule has 0 fully saturated rings. The molecule has 0 spiro atoms. The molecule has 0 N–H and O–H groups in total. The second kappa shape index (κ2) is 16.2. The number of benzene rings is 11. The van der Waals surface area contributed by atoms with Crippen LogP contribution in [0.3, 0.4) is 0 Å². The SMILES string of the molecule is c1ccc(-c2ccc(N(c3ccccc3)c3ccc(-c4ccc5c(c4)c4cc(-n6c7ccccc7c7ccccc76)c(-n6c7ccccc7c7ccccc76)cc4n5-c4ccccc4)cc3)cc2)cc1. The van der Waals surface area contributed by atoms with E-state index in [1.807, 2.05) is 0 Å². The zero-order chi connectivity index (χ0) is 46.1.